The van der Waals surface area contributed by atoms with Crippen LogP contribution in [0.3, 0.4) is 0 Å². The van der Waals surface area contributed by atoms with E-state index < -0.39 is 11.8 Å². The molecule has 0 saturated carbocycles. The molecule has 1 heterocycles. The first kappa shape index (κ1) is 13.5. The summed E-state index contributed by atoms with van der Waals surface area (Å²) in [4.78, 5) is 18.6. The lowest BCUT2D eigenvalue weighted by Gasteiger charge is -2.08. The van der Waals surface area contributed by atoms with Crippen LogP contribution in [-0.2, 0) is 0 Å². The SMILES string of the molecule is CNC(=O)Nc1ncc(F)c(Nc2ccc(O)cc2)n1. The molecule has 2 aromatic rings. The average Bonchev–Trinajstić information content (AvgIpc) is 2.45. The molecule has 0 saturated heterocycles. The van der Waals surface area contributed by atoms with Gasteiger partial charge in [0, 0.05) is 12.7 Å². The third-order valence-electron chi connectivity index (χ3n) is 2.33. The van der Waals surface area contributed by atoms with Gasteiger partial charge in [0.2, 0.25) is 5.95 Å². The highest BCUT2D eigenvalue weighted by Crippen LogP contribution is 2.20. The average molecular weight is 277 g/mol. The van der Waals surface area contributed by atoms with Crippen molar-refractivity contribution in [1.29, 1.82) is 0 Å². The molecule has 0 unspecified atom stereocenters. The Hall–Kier alpha value is -2.90. The lowest BCUT2D eigenvalue weighted by Crippen LogP contribution is -2.25. The predicted molar refractivity (Wildman–Crippen MR) is 71.5 cm³/mol. The van der Waals surface area contributed by atoms with E-state index in [0.29, 0.717) is 5.69 Å². The van der Waals surface area contributed by atoms with E-state index in [4.69, 9.17) is 5.11 Å². The van der Waals surface area contributed by atoms with E-state index in [9.17, 15) is 9.18 Å². The standard InChI is InChI=1S/C12H12FN5O2/c1-14-12(20)18-11-15-6-9(13)10(17-11)16-7-2-4-8(19)5-3-7/h2-6,19H,1H3,(H3,14,15,16,17,18,20). The monoisotopic (exact) mass is 277 g/mol. The van der Waals surface area contributed by atoms with Crippen LogP contribution in [0.15, 0.2) is 30.5 Å². The van der Waals surface area contributed by atoms with Crippen LogP contribution in [0.1, 0.15) is 0 Å². The molecule has 7 nitrogen and oxygen atoms in total. The molecule has 1 aromatic carbocycles. The fourth-order valence-electron chi connectivity index (χ4n) is 1.36. The van der Waals surface area contributed by atoms with E-state index >= 15 is 0 Å². The summed E-state index contributed by atoms with van der Waals surface area (Å²) < 4.78 is 13.6. The van der Waals surface area contributed by atoms with Crippen molar-refractivity contribution in [2.24, 2.45) is 0 Å². The van der Waals surface area contributed by atoms with Crippen molar-refractivity contribution >= 4 is 23.5 Å². The molecular formula is C12H12FN5O2. The number of halogens is 1. The Morgan fingerprint density at radius 2 is 2.00 bits per heavy atom. The van der Waals surface area contributed by atoms with Crippen LogP contribution in [0.4, 0.5) is 26.6 Å². The van der Waals surface area contributed by atoms with Crippen LogP contribution < -0.4 is 16.0 Å². The second-order valence-electron chi connectivity index (χ2n) is 3.77. The lowest BCUT2D eigenvalue weighted by molar-refractivity contribution is 0.254. The van der Waals surface area contributed by atoms with Gasteiger partial charge in [-0.3, -0.25) is 5.32 Å². The number of nitrogens with one attached hydrogen (secondary N) is 3. The van der Waals surface area contributed by atoms with Gasteiger partial charge in [-0.15, -0.1) is 0 Å². The molecule has 0 bridgehead atoms. The molecule has 1 aromatic heterocycles. The first-order valence-corrected chi connectivity index (χ1v) is 5.66. The Kier molecular flexibility index (Phi) is 3.94. The molecule has 20 heavy (non-hydrogen) atoms. The second kappa shape index (κ2) is 5.83. The summed E-state index contributed by atoms with van der Waals surface area (Å²) in [6.45, 7) is 0. The maximum atomic E-state index is 13.6. The Bertz CT molecular complexity index is 618. The highest BCUT2D eigenvalue weighted by atomic mass is 19.1. The molecule has 0 aliphatic carbocycles. The summed E-state index contributed by atoms with van der Waals surface area (Å²) in [5.41, 5.74) is 0.534. The number of carbonyl (C=O) groups is 1. The number of phenols is 1. The number of urea groups is 1. The fraction of sp³-hybridized carbons (Fsp3) is 0.0833. The molecule has 2 rings (SSSR count). The van der Waals surface area contributed by atoms with E-state index in [2.05, 4.69) is 25.9 Å². The number of nitrogens with zero attached hydrogens (tertiary/aromatic N) is 2. The first-order valence-electron chi connectivity index (χ1n) is 5.66. The fourth-order valence-corrected chi connectivity index (χ4v) is 1.36. The Morgan fingerprint density at radius 3 is 2.65 bits per heavy atom. The number of hydrogen-bond acceptors (Lipinski definition) is 5. The summed E-state index contributed by atoms with van der Waals surface area (Å²) in [7, 11) is 1.44. The molecule has 104 valence electrons. The number of amides is 2. The zero-order valence-electron chi connectivity index (χ0n) is 10.5. The Balaban J connectivity index is 2.20. The normalized spacial score (nSPS) is 9.90. The van der Waals surface area contributed by atoms with Crippen molar-refractivity contribution in [1.82, 2.24) is 15.3 Å². The first-order chi connectivity index (χ1) is 9.58. The largest absolute Gasteiger partial charge is 0.508 e. The number of rotatable bonds is 3. The quantitative estimate of drug-likeness (QED) is 0.641. The topological polar surface area (TPSA) is 99.2 Å². The molecule has 2 amide bonds. The van der Waals surface area contributed by atoms with E-state index in [-0.39, 0.29) is 17.5 Å². The molecule has 0 atom stereocenters. The highest BCUT2D eigenvalue weighted by molar-refractivity contribution is 5.87. The van der Waals surface area contributed by atoms with E-state index in [1.165, 1.54) is 19.2 Å². The van der Waals surface area contributed by atoms with Crippen molar-refractivity contribution in [3.63, 3.8) is 0 Å². The third-order valence-corrected chi connectivity index (χ3v) is 2.33. The summed E-state index contributed by atoms with van der Waals surface area (Å²) >= 11 is 0. The number of anilines is 3. The zero-order valence-corrected chi connectivity index (χ0v) is 10.5. The van der Waals surface area contributed by atoms with Gasteiger partial charge < -0.3 is 15.7 Å². The molecule has 0 fully saturated rings. The molecule has 8 heteroatoms. The minimum Gasteiger partial charge on any atom is -0.508 e. The molecule has 0 radical (unpaired) electrons. The van der Waals surface area contributed by atoms with Gasteiger partial charge in [-0.25, -0.2) is 14.2 Å². The summed E-state index contributed by atoms with van der Waals surface area (Å²) in [6.07, 6.45) is 0.945. The Labute approximate surface area is 113 Å². The molecule has 0 aliphatic rings. The molecule has 4 N–H and O–H groups in total. The van der Waals surface area contributed by atoms with E-state index in [1.807, 2.05) is 0 Å². The minimum absolute atomic E-state index is 0.0352. The van der Waals surface area contributed by atoms with Crippen LogP contribution >= 0.6 is 0 Å². The van der Waals surface area contributed by atoms with Gasteiger partial charge in [-0.2, -0.15) is 4.98 Å². The highest BCUT2D eigenvalue weighted by Gasteiger charge is 2.09. The van der Waals surface area contributed by atoms with Crippen LogP contribution in [0.5, 0.6) is 5.75 Å². The van der Waals surface area contributed by atoms with Crippen molar-refractivity contribution in [3.05, 3.63) is 36.3 Å². The van der Waals surface area contributed by atoms with Crippen LogP contribution in [0.25, 0.3) is 0 Å². The molecule has 0 aliphatic heterocycles. The van der Waals surface area contributed by atoms with Gasteiger partial charge in [0.05, 0.1) is 6.20 Å². The van der Waals surface area contributed by atoms with Gasteiger partial charge >= 0.3 is 6.03 Å². The third kappa shape index (κ3) is 3.31. The molecular weight excluding hydrogens is 265 g/mol. The van der Waals surface area contributed by atoms with E-state index in [0.717, 1.165) is 6.20 Å². The number of aromatic hydroxyl groups is 1. The summed E-state index contributed by atoms with van der Waals surface area (Å²) in [6, 6.07) is 5.51. The summed E-state index contributed by atoms with van der Waals surface area (Å²) in [5.74, 6) is -0.690. The van der Waals surface area contributed by atoms with Crippen molar-refractivity contribution in [2.75, 3.05) is 17.7 Å². The number of phenolic OH excluding ortho intramolecular Hbond substituents is 1. The smallest absolute Gasteiger partial charge is 0.321 e. The lowest BCUT2D eigenvalue weighted by atomic mass is 10.3. The predicted octanol–water partition coefficient (Wildman–Crippen LogP) is 1.82. The van der Waals surface area contributed by atoms with Crippen molar-refractivity contribution < 1.29 is 14.3 Å². The van der Waals surface area contributed by atoms with E-state index in [1.54, 1.807) is 12.1 Å². The van der Waals surface area contributed by atoms with Gasteiger partial charge in [-0.1, -0.05) is 0 Å². The van der Waals surface area contributed by atoms with Gasteiger partial charge in [-0.05, 0) is 24.3 Å². The van der Waals surface area contributed by atoms with Crippen LogP contribution in [-0.4, -0.2) is 28.2 Å². The van der Waals surface area contributed by atoms with Gasteiger partial charge in [0.15, 0.2) is 11.6 Å². The van der Waals surface area contributed by atoms with Gasteiger partial charge in [0.1, 0.15) is 5.75 Å². The zero-order chi connectivity index (χ0) is 14.5. The number of aromatic nitrogens is 2. The Morgan fingerprint density at radius 1 is 1.30 bits per heavy atom. The number of benzene rings is 1. The maximum Gasteiger partial charge on any atom is 0.321 e. The van der Waals surface area contributed by atoms with Crippen molar-refractivity contribution in [2.45, 2.75) is 0 Å². The molecule has 0 spiro atoms. The minimum atomic E-state index is -0.666. The maximum absolute atomic E-state index is 13.6. The number of carbonyl (C=O) groups excluding carboxylic acids is 1. The van der Waals surface area contributed by atoms with Crippen molar-refractivity contribution in [3.8, 4) is 5.75 Å². The van der Waals surface area contributed by atoms with Crippen LogP contribution in [0.2, 0.25) is 0 Å². The van der Waals surface area contributed by atoms with Crippen LogP contribution in [0, 0.1) is 5.82 Å². The second-order valence-corrected chi connectivity index (χ2v) is 3.77. The summed E-state index contributed by atoms with van der Waals surface area (Å²) in [5, 5.41) is 16.6. The number of hydrogen-bond donors (Lipinski definition) is 4. The van der Waals surface area contributed by atoms with Gasteiger partial charge in [0.25, 0.3) is 0 Å².